The Balaban J connectivity index is 1.71. The van der Waals surface area contributed by atoms with Crippen molar-refractivity contribution in [1.29, 1.82) is 0 Å². The standard InChI is InChI=1S/C15H15BrN2OS/c16-11-3-5-12(6-4-11)20-14-8-7-13(17)15(18-14)19-9-10-1-2-10/h3-8,10H,1-2,9,17H2. The Morgan fingerprint density at radius 1 is 1.20 bits per heavy atom. The van der Waals surface area contributed by atoms with Crippen LogP contribution in [0, 0.1) is 5.92 Å². The fourth-order valence-corrected chi connectivity index (χ4v) is 2.75. The number of hydrogen-bond acceptors (Lipinski definition) is 4. The lowest BCUT2D eigenvalue weighted by Gasteiger charge is -2.09. The zero-order valence-corrected chi connectivity index (χ0v) is 13.3. The number of nitrogen functional groups attached to an aromatic ring is 1. The van der Waals surface area contributed by atoms with Gasteiger partial charge in [-0.05, 0) is 55.2 Å². The lowest BCUT2D eigenvalue weighted by Crippen LogP contribution is -2.04. The van der Waals surface area contributed by atoms with E-state index in [9.17, 15) is 0 Å². The first-order chi connectivity index (χ1) is 9.70. The maximum Gasteiger partial charge on any atom is 0.238 e. The number of benzene rings is 1. The fourth-order valence-electron chi connectivity index (χ4n) is 1.71. The SMILES string of the molecule is Nc1ccc(Sc2ccc(Br)cc2)nc1OCC1CC1. The largest absolute Gasteiger partial charge is 0.476 e. The summed E-state index contributed by atoms with van der Waals surface area (Å²) in [5.41, 5.74) is 6.51. The van der Waals surface area contributed by atoms with Gasteiger partial charge < -0.3 is 10.5 Å². The fraction of sp³-hybridized carbons (Fsp3) is 0.267. The molecule has 1 aromatic carbocycles. The Morgan fingerprint density at radius 3 is 2.65 bits per heavy atom. The van der Waals surface area contributed by atoms with Gasteiger partial charge in [0.25, 0.3) is 0 Å². The number of halogens is 1. The summed E-state index contributed by atoms with van der Waals surface area (Å²) in [6, 6.07) is 11.9. The summed E-state index contributed by atoms with van der Waals surface area (Å²) in [6.45, 7) is 0.726. The van der Waals surface area contributed by atoms with Gasteiger partial charge in [-0.2, -0.15) is 0 Å². The molecule has 5 heteroatoms. The molecule has 20 heavy (non-hydrogen) atoms. The summed E-state index contributed by atoms with van der Waals surface area (Å²) < 4.78 is 6.77. The number of anilines is 1. The number of ether oxygens (including phenoxy) is 1. The van der Waals surface area contributed by atoms with Crippen molar-refractivity contribution >= 4 is 33.4 Å². The minimum absolute atomic E-state index is 0.555. The van der Waals surface area contributed by atoms with Crippen molar-refractivity contribution in [2.75, 3.05) is 12.3 Å². The van der Waals surface area contributed by atoms with Gasteiger partial charge in [-0.3, -0.25) is 0 Å². The van der Waals surface area contributed by atoms with Crippen molar-refractivity contribution in [1.82, 2.24) is 4.98 Å². The number of pyridine rings is 1. The van der Waals surface area contributed by atoms with Gasteiger partial charge in [0.15, 0.2) is 0 Å². The molecular weight excluding hydrogens is 336 g/mol. The monoisotopic (exact) mass is 350 g/mol. The molecule has 0 unspecified atom stereocenters. The molecule has 0 aliphatic heterocycles. The van der Waals surface area contributed by atoms with Gasteiger partial charge in [0, 0.05) is 9.37 Å². The first kappa shape index (κ1) is 13.8. The quantitative estimate of drug-likeness (QED) is 0.869. The smallest absolute Gasteiger partial charge is 0.238 e. The maximum absolute atomic E-state index is 5.91. The second kappa shape index (κ2) is 6.06. The molecule has 1 saturated carbocycles. The van der Waals surface area contributed by atoms with Crippen molar-refractivity contribution in [3.05, 3.63) is 40.9 Å². The van der Waals surface area contributed by atoms with Gasteiger partial charge >= 0.3 is 0 Å². The highest BCUT2D eigenvalue weighted by atomic mass is 79.9. The highest BCUT2D eigenvalue weighted by molar-refractivity contribution is 9.10. The number of nitrogens with zero attached hydrogens (tertiary/aromatic N) is 1. The zero-order chi connectivity index (χ0) is 13.9. The molecule has 2 N–H and O–H groups in total. The Kier molecular flexibility index (Phi) is 4.17. The van der Waals surface area contributed by atoms with Gasteiger partial charge in [-0.1, -0.05) is 27.7 Å². The number of hydrogen-bond donors (Lipinski definition) is 1. The van der Waals surface area contributed by atoms with E-state index in [-0.39, 0.29) is 0 Å². The van der Waals surface area contributed by atoms with Gasteiger partial charge in [0.05, 0.1) is 12.3 Å². The third-order valence-corrected chi connectivity index (χ3v) is 4.53. The molecule has 1 aliphatic rings. The predicted molar refractivity (Wildman–Crippen MR) is 85.1 cm³/mol. The summed E-state index contributed by atoms with van der Waals surface area (Å²) in [5.74, 6) is 1.25. The van der Waals surface area contributed by atoms with Crippen molar-refractivity contribution in [2.24, 2.45) is 5.92 Å². The van der Waals surface area contributed by atoms with Crippen molar-refractivity contribution in [3.63, 3.8) is 0 Å². The minimum atomic E-state index is 0.555. The molecular formula is C15H15BrN2OS. The second-order valence-corrected chi connectivity index (χ2v) is 6.86. The molecule has 1 fully saturated rings. The minimum Gasteiger partial charge on any atom is -0.476 e. The lowest BCUT2D eigenvalue weighted by molar-refractivity contribution is 0.288. The zero-order valence-electron chi connectivity index (χ0n) is 10.9. The molecule has 0 amide bonds. The van der Waals surface area contributed by atoms with Crippen LogP contribution in [0.4, 0.5) is 5.69 Å². The molecule has 3 rings (SSSR count). The van der Waals surface area contributed by atoms with Crippen LogP contribution in [0.3, 0.4) is 0 Å². The van der Waals surface area contributed by atoms with Crippen LogP contribution in [0.5, 0.6) is 5.88 Å². The van der Waals surface area contributed by atoms with E-state index in [4.69, 9.17) is 10.5 Å². The van der Waals surface area contributed by atoms with Crippen LogP contribution in [0.2, 0.25) is 0 Å². The molecule has 1 heterocycles. The van der Waals surface area contributed by atoms with Crippen LogP contribution < -0.4 is 10.5 Å². The van der Waals surface area contributed by atoms with Gasteiger partial charge in [-0.15, -0.1) is 0 Å². The number of nitrogens with two attached hydrogens (primary N) is 1. The summed E-state index contributed by atoms with van der Waals surface area (Å²) in [6.07, 6.45) is 2.51. The third-order valence-electron chi connectivity index (χ3n) is 3.05. The molecule has 0 bridgehead atoms. The Hall–Kier alpha value is -1.20. The van der Waals surface area contributed by atoms with Crippen LogP contribution in [-0.2, 0) is 0 Å². The first-order valence-corrected chi connectivity index (χ1v) is 8.14. The van der Waals surface area contributed by atoms with Gasteiger partial charge in [-0.25, -0.2) is 4.98 Å². The number of rotatable bonds is 5. The Bertz CT molecular complexity index is 599. The number of aromatic nitrogens is 1. The first-order valence-electron chi connectivity index (χ1n) is 6.53. The van der Waals surface area contributed by atoms with Crippen molar-refractivity contribution in [3.8, 4) is 5.88 Å². The molecule has 0 radical (unpaired) electrons. The van der Waals surface area contributed by atoms with Crippen molar-refractivity contribution < 1.29 is 4.74 Å². The van der Waals surface area contributed by atoms with Crippen LogP contribution in [0.15, 0.2) is 50.8 Å². The molecule has 1 aliphatic carbocycles. The predicted octanol–water partition coefficient (Wildman–Crippen LogP) is 4.37. The highest BCUT2D eigenvalue weighted by Crippen LogP contribution is 2.33. The lowest BCUT2D eigenvalue weighted by atomic mass is 10.4. The molecule has 0 atom stereocenters. The molecule has 2 aromatic rings. The molecule has 104 valence electrons. The van der Waals surface area contributed by atoms with E-state index < -0.39 is 0 Å². The maximum atomic E-state index is 5.91. The summed E-state index contributed by atoms with van der Waals surface area (Å²) in [5, 5.41) is 0.896. The van der Waals surface area contributed by atoms with Crippen LogP contribution in [0.1, 0.15) is 12.8 Å². The van der Waals surface area contributed by atoms with Gasteiger partial charge in [0.1, 0.15) is 5.03 Å². The topological polar surface area (TPSA) is 48.1 Å². The summed E-state index contributed by atoms with van der Waals surface area (Å²) >= 11 is 5.03. The van der Waals surface area contributed by atoms with Crippen LogP contribution in [-0.4, -0.2) is 11.6 Å². The Morgan fingerprint density at radius 2 is 1.95 bits per heavy atom. The van der Waals surface area contributed by atoms with Gasteiger partial charge in [0.2, 0.25) is 5.88 Å². The van der Waals surface area contributed by atoms with E-state index in [2.05, 4.69) is 33.0 Å². The Labute approximate surface area is 131 Å². The van der Waals surface area contributed by atoms with E-state index in [1.54, 1.807) is 11.8 Å². The molecule has 0 saturated heterocycles. The van der Waals surface area contributed by atoms with E-state index in [1.165, 1.54) is 12.8 Å². The second-order valence-electron chi connectivity index (χ2n) is 4.85. The molecule has 0 spiro atoms. The highest BCUT2D eigenvalue weighted by Gasteiger charge is 2.22. The molecule has 1 aromatic heterocycles. The van der Waals surface area contributed by atoms with Crippen molar-refractivity contribution in [2.45, 2.75) is 22.8 Å². The van der Waals surface area contributed by atoms with E-state index in [1.807, 2.05) is 24.3 Å². The van der Waals surface area contributed by atoms with E-state index >= 15 is 0 Å². The summed E-state index contributed by atoms with van der Waals surface area (Å²) in [4.78, 5) is 5.63. The van der Waals surface area contributed by atoms with E-state index in [0.717, 1.165) is 21.0 Å². The normalized spacial score (nSPS) is 14.2. The van der Waals surface area contributed by atoms with Crippen LogP contribution >= 0.6 is 27.7 Å². The third kappa shape index (κ3) is 3.67. The van der Waals surface area contributed by atoms with Crippen LogP contribution in [0.25, 0.3) is 0 Å². The average molecular weight is 351 g/mol. The summed E-state index contributed by atoms with van der Waals surface area (Å²) in [7, 11) is 0. The van der Waals surface area contributed by atoms with E-state index in [0.29, 0.717) is 17.5 Å². The molecule has 3 nitrogen and oxygen atoms in total. The average Bonchev–Trinajstić information content (AvgIpc) is 3.26.